The summed E-state index contributed by atoms with van der Waals surface area (Å²) in [6.45, 7) is 10.6. The fourth-order valence-electron chi connectivity index (χ4n) is 3.96. The highest BCUT2D eigenvalue weighted by atomic mass is 32.2. The third kappa shape index (κ3) is 11.3. The van der Waals surface area contributed by atoms with Gasteiger partial charge in [-0.05, 0) is 62.1 Å². The highest BCUT2D eigenvalue weighted by Crippen LogP contribution is 2.31. The number of ether oxygens (including phenoxy) is 2. The highest BCUT2D eigenvalue weighted by Gasteiger charge is 2.26. The van der Waals surface area contributed by atoms with Crippen molar-refractivity contribution in [1.29, 1.82) is 0 Å². The first-order valence-corrected chi connectivity index (χ1v) is 14.0. The molecule has 0 aromatic heterocycles. The lowest BCUT2D eigenvalue weighted by molar-refractivity contribution is -0.125. The smallest absolute Gasteiger partial charge is 0.222 e. The summed E-state index contributed by atoms with van der Waals surface area (Å²) in [6.07, 6.45) is 3.18. The van der Waals surface area contributed by atoms with Crippen LogP contribution in [0.1, 0.15) is 72.3 Å². The van der Waals surface area contributed by atoms with Gasteiger partial charge in [0.15, 0.2) is 11.5 Å². The second-order valence-electron chi connectivity index (χ2n) is 9.98. The van der Waals surface area contributed by atoms with E-state index in [2.05, 4.69) is 26.1 Å². The van der Waals surface area contributed by atoms with Gasteiger partial charge < -0.3 is 25.6 Å². The number of nitrogens with one attached hydrogen (secondary N) is 1. The average Bonchev–Trinajstić information content (AvgIpc) is 2.83. The van der Waals surface area contributed by atoms with E-state index in [9.17, 15) is 18.3 Å². The number of amides is 1. The van der Waals surface area contributed by atoms with E-state index >= 15 is 0 Å². The van der Waals surface area contributed by atoms with Crippen molar-refractivity contribution in [2.24, 2.45) is 23.5 Å². The van der Waals surface area contributed by atoms with E-state index < -0.39 is 22.4 Å². The van der Waals surface area contributed by atoms with Crippen LogP contribution in [0, 0.1) is 17.8 Å². The number of nitrogens with two attached hydrogens (primary N) is 1. The maximum absolute atomic E-state index is 12.3. The summed E-state index contributed by atoms with van der Waals surface area (Å²) in [6, 6.07) is 5.31. The average molecular weight is 527 g/mol. The van der Waals surface area contributed by atoms with E-state index in [0.29, 0.717) is 48.1 Å². The van der Waals surface area contributed by atoms with Gasteiger partial charge in [0.05, 0.1) is 19.8 Å². The Labute approximate surface area is 218 Å². The van der Waals surface area contributed by atoms with Crippen molar-refractivity contribution < 1.29 is 27.8 Å². The van der Waals surface area contributed by atoms with Crippen LogP contribution < -0.4 is 20.5 Å². The molecule has 9 heteroatoms. The van der Waals surface area contributed by atoms with Gasteiger partial charge in [0, 0.05) is 29.8 Å². The molecule has 1 amide bonds. The molecule has 4 N–H and O–H groups in total. The van der Waals surface area contributed by atoms with E-state index in [1.807, 2.05) is 25.1 Å². The van der Waals surface area contributed by atoms with Crippen LogP contribution in [0.15, 0.2) is 18.2 Å². The molecule has 0 unspecified atom stereocenters. The van der Waals surface area contributed by atoms with Crippen molar-refractivity contribution in [3.63, 3.8) is 0 Å². The Hall–Kier alpha value is -2.10. The highest BCUT2D eigenvalue weighted by molar-refractivity contribution is 7.72. The maximum Gasteiger partial charge on any atom is 0.222 e. The topological polar surface area (TPSA) is 128 Å². The molecular weight excluding hydrogens is 480 g/mol. The molecular formula is C27H46N2O6S. The summed E-state index contributed by atoms with van der Waals surface area (Å²) in [5, 5.41) is 13.6. The molecule has 0 aliphatic carbocycles. The van der Waals surface area contributed by atoms with E-state index in [0.717, 1.165) is 24.8 Å². The van der Waals surface area contributed by atoms with Gasteiger partial charge >= 0.3 is 0 Å². The molecule has 8 nitrogen and oxygen atoms in total. The quantitative estimate of drug-likeness (QED) is 0.210. The van der Waals surface area contributed by atoms with Crippen LogP contribution in [0.3, 0.4) is 0 Å². The van der Waals surface area contributed by atoms with Gasteiger partial charge in [-0.3, -0.25) is 4.79 Å². The number of hydrogen-bond donors (Lipinski definition) is 3. The second kappa shape index (κ2) is 16.6. The minimum Gasteiger partial charge on any atom is -0.493 e. The van der Waals surface area contributed by atoms with Crippen molar-refractivity contribution in [3.8, 4) is 11.5 Å². The molecule has 0 spiro atoms. The predicted molar refractivity (Wildman–Crippen MR) is 145 cm³/mol. The minimum atomic E-state index is -2.21. The van der Waals surface area contributed by atoms with Gasteiger partial charge in [-0.2, -0.15) is 8.42 Å². The Bertz CT molecular complexity index is 940. The van der Waals surface area contributed by atoms with E-state index in [-0.39, 0.29) is 24.3 Å². The molecule has 0 saturated heterocycles. The van der Waals surface area contributed by atoms with Crippen molar-refractivity contribution in [2.75, 3.05) is 20.3 Å². The van der Waals surface area contributed by atoms with Crippen LogP contribution in [0.25, 0.3) is 0 Å². The van der Waals surface area contributed by atoms with Crippen LogP contribution in [0.4, 0.5) is 0 Å². The molecule has 0 bridgehead atoms. The number of rotatable bonds is 17. The summed E-state index contributed by atoms with van der Waals surface area (Å²) in [5.74, 6) is 1.34. The lowest BCUT2D eigenvalue weighted by Gasteiger charge is -2.28. The predicted octanol–water partition coefficient (Wildman–Crippen LogP) is 3.37. The van der Waals surface area contributed by atoms with Crippen molar-refractivity contribution in [3.05, 3.63) is 23.8 Å². The molecule has 1 rings (SSSR count). The Kier molecular flexibility index (Phi) is 14.7. The van der Waals surface area contributed by atoms with E-state index in [1.54, 1.807) is 14.0 Å². The molecule has 0 aliphatic heterocycles. The van der Waals surface area contributed by atoms with Gasteiger partial charge in [-0.1, -0.05) is 40.2 Å². The number of aliphatic hydroxyl groups is 1. The zero-order chi connectivity index (χ0) is 27.3. The van der Waals surface area contributed by atoms with Gasteiger partial charge in [0.1, 0.15) is 0 Å². The van der Waals surface area contributed by atoms with Crippen molar-refractivity contribution >= 4 is 21.1 Å². The van der Waals surface area contributed by atoms with Gasteiger partial charge in [-0.15, -0.1) is 0 Å². The molecule has 1 aromatic carbocycles. The summed E-state index contributed by atoms with van der Waals surface area (Å²) in [4.78, 5) is 12.6. The number of hydrogen-bond acceptors (Lipinski definition) is 7. The van der Waals surface area contributed by atoms with Crippen LogP contribution >= 0.6 is 0 Å². The number of carbonyl (C=O) groups is 1. The van der Waals surface area contributed by atoms with Gasteiger partial charge in [-0.25, -0.2) is 0 Å². The number of aliphatic hydroxyl groups excluding tert-OH is 1. The lowest BCUT2D eigenvalue weighted by Crippen LogP contribution is -2.41. The second-order valence-corrected chi connectivity index (χ2v) is 11.1. The van der Waals surface area contributed by atoms with Crippen LogP contribution in [-0.2, 0) is 21.5 Å². The number of carbonyl (C=O) groups excluding carboxylic acids is 1. The lowest BCUT2D eigenvalue weighted by atomic mass is 9.82. The molecule has 36 heavy (non-hydrogen) atoms. The Morgan fingerprint density at radius 1 is 1.17 bits per heavy atom. The molecule has 206 valence electrons. The zero-order valence-electron chi connectivity index (χ0n) is 22.7. The third-order valence-corrected chi connectivity index (χ3v) is 7.38. The largest absolute Gasteiger partial charge is 0.493 e. The first kappa shape index (κ1) is 31.9. The van der Waals surface area contributed by atoms with E-state index in [1.165, 1.54) is 0 Å². The molecule has 0 fully saturated rings. The number of unbranched alkanes of at least 4 members (excludes halogenated alkanes) is 1. The SMILES string of the molecule is CCCCNC(=O)[C@H](C)C[C@H](O)[C@@H](N)C[C@H](Cc1ccc(OC)c(OCCC(C)=S(=O)=O)c1)C(C)C. The standard InChI is InChI=1S/C27H46N2O6S/c1-7-8-12-29-27(31)19(4)14-24(30)23(28)17-22(18(2)3)15-21-9-10-25(34-6)26(16-21)35-13-11-20(5)36(32)33/h9-10,16,18-19,22-24,30H,7-8,11-15,17,28H2,1-6H3,(H,29,31)/t19-,22+,23+,24+/m1/s1. The Morgan fingerprint density at radius 2 is 1.86 bits per heavy atom. The monoisotopic (exact) mass is 526 g/mol. The summed E-state index contributed by atoms with van der Waals surface area (Å²) in [5.41, 5.74) is 7.44. The van der Waals surface area contributed by atoms with Crippen LogP contribution in [-0.4, -0.2) is 56.7 Å². The fraction of sp³-hybridized carbons (Fsp3) is 0.704. The number of methoxy groups -OCH3 is 1. The third-order valence-electron chi connectivity index (χ3n) is 6.61. The van der Waals surface area contributed by atoms with Gasteiger partial charge in [0.2, 0.25) is 16.2 Å². The number of benzene rings is 1. The molecule has 0 radical (unpaired) electrons. The molecule has 0 heterocycles. The Morgan fingerprint density at radius 3 is 2.44 bits per heavy atom. The summed E-state index contributed by atoms with van der Waals surface area (Å²) >= 11 is 0. The molecule has 0 saturated carbocycles. The first-order chi connectivity index (χ1) is 17.0. The molecule has 1 aromatic rings. The fourth-order valence-corrected chi connectivity index (χ4v) is 4.21. The normalized spacial score (nSPS) is 14.6. The molecule has 4 atom stereocenters. The van der Waals surface area contributed by atoms with E-state index in [4.69, 9.17) is 15.2 Å². The minimum absolute atomic E-state index is 0.0461. The maximum atomic E-state index is 12.3. The molecule has 0 aliphatic rings. The summed E-state index contributed by atoms with van der Waals surface area (Å²) in [7, 11) is -0.647. The first-order valence-electron chi connectivity index (χ1n) is 12.9. The van der Waals surface area contributed by atoms with Gasteiger partial charge in [0.25, 0.3) is 0 Å². The Balaban J connectivity index is 2.80. The van der Waals surface area contributed by atoms with Crippen LogP contribution in [0.2, 0.25) is 0 Å². The zero-order valence-corrected chi connectivity index (χ0v) is 23.6. The van der Waals surface area contributed by atoms with Crippen molar-refractivity contribution in [2.45, 2.75) is 85.3 Å². The van der Waals surface area contributed by atoms with Crippen LogP contribution in [0.5, 0.6) is 11.5 Å². The van der Waals surface area contributed by atoms with Crippen molar-refractivity contribution in [1.82, 2.24) is 5.32 Å². The summed E-state index contributed by atoms with van der Waals surface area (Å²) < 4.78 is 33.3.